The van der Waals surface area contributed by atoms with Gasteiger partial charge in [0.25, 0.3) is 0 Å². The van der Waals surface area contributed by atoms with Crippen molar-refractivity contribution in [1.82, 2.24) is 0 Å². The van der Waals surface area contributed by atoms with E-state index in [-0.39, 0.29) is 0 Å². The molecule has 1 nitrogen and oxygen atoms in total. The summed E-state index contributed by atoms with van der Waals surface area (Å²) in [6, 6.07) is 27.9. The van der Waals surface area contributed by atoms with Crippen LogP contribution in [0, 0.1) is 36.0 Å². The summed E-state index contributed by atoms with van der Waals surface area (Å²) < 4.78 is 111. The average molecular weight is 542 g/mol. The molecule has 4 aromatic rings. The summed E-state index contributed by atoms with van der Waals surface area (Å²) in [7, 11) is -2.31. The Morgan fingerprint density at radius 1 is 0.595 bits per heavy atom. The maximum Gasteiger partial charge on any atom is 0.515 e. The third-order valence-corrected chi connectivity index (χ3v) is 8.12. The molecule has 0 aliphatic carbocycles. The van der Waals surface area contributed by atoms with Crippen LogP contribution in [0.5, 0.6) is 0 Å². The van der Waals surface area contributed by atoms with E-state index < -0.39 is 51.5 Å². The van der Waals surface area contributed by atoms with E-state index in [0.29, 0.717) is 5.75 Å². The highest BCUT2D eigenvalue weighted by atomic mass is 32.2. The lowest BCUT2D eigenvalue weighted by Crippen LogP contribution is -2.41. The molecule has 37 heavy (non-hydrogen) atoms. The monoisotopic (exact) mass is 542 g/mol. The van der Waals surface area contributed by atoms with Gasteiger partial charge in [-0.25, -0.2) is 22.0 Å². The first-order chi connectivity index (χ1) is 17.4. The summed E-state index contributed by atoms with van der Waals surface area (Å²) in [6.45, 7) is -4.24. The van der Waals surface area contributed by atoms with Gasteiger partial charge in [0.1, 0.15) is 17.4 Å². The van der Waals surface area contributed by atoms with Crippen LogP contribution in [0.15, 0.2) is 94.7 Å². The fourth-order valence-corrected chi connectivity index (χ4v) is 5.87. The number of aryl methyl sites for hydroxylation is 1. The van der Waals surface area contributed by atoms with Crippen molar-refractivity contribution in [2.75, 3.05) is 0 Å². The van der Waals surface area contributed by atoms with Crippen molar-refractivity contribution < 1.29 is 39.1 Å². The van der Waals surface area contributed by atoms with Crippen LogP contribution in [-0.4, -0.2) is 6.98 Å². The maximum atomic E-state index is 13.8. The Balaban J connectivity index is 0.000000222. The molecule has 0 bridgehead atoms. The molecule has 0 atom stereocenters. The second-order valence-corrected chi connectivity index (χ2v) is 10.6. The normalized spacial score (nSPS) is 11.6. The predicted molar refractivity (Wildman–Crippen MR) is 127 cm³/mol. The van der Waals surface area contributed by atoms with Crippen LogP contribution >= 0.6 is 0 Å². The van der Waals surface area contributed by atoms with Crippen LogP contribution in [0.3, 0.4) is 0 Å². The Labute approximate surface area is 209 Å². The minimum Gasteiger partial charge on any atom is -0.445 e. The molecule has 0 aliphatic heterocycles. The summed E-state index contributed by atoms with van der Waals surface area (Å²) in [5.41, 5.74) is -0.413. The van der Waals surface area contributed by atoms with Gasteiger partial charge in [-0.05, 0) is 36.7 Å². The first-order valence-electron chi connectivity index (χ1n) is 10.7. The quantitative estimate of drug-likeness (QED) is 0.0837. The van der Waals surface area contributed by atoms with Gasteiger partial charge in [-0.3, -0.25) is 0 Å². The number of hydrogen-bond donors (Lipinski definition) is 0. The van der Waals surface area contributed by atoms with Crippen molar-refractivity contribution in [2.24, 2.45) is 0 Å². The van der Waals surface area contributed by atoms with Gasteiger partial charge in [-0.15, -0.1) is 0 Å². The molecule has 0 fully saturated rings. The second-order valence-electron chi connectivity index (χ2n) is 7.99. The van der Waals surface area contributed by atoms with E-state index in [1.165, 1.54) is 5.56 Å². The van der Waals surface area contributed by atoms with Gasteiger partial charge in [0.15, 0.2) is 37.2 Å². The Morgan fingerprint density at radius 2 is 0.973 bits per heavy atom. The molecular weight excluding hydrogens is 523 g/mol. The molecule has 0 radical (unpaired) electrons. The van der Waals surface area contributed by atoms with E-state index in [1.807, 2.05) is 60.7 Å². The molecular formula is C26H19BF8OS. The van der Waals surface area contributed by atoms with Gasteiger partial charge in [-0.1, -0.05) is 70.4 Å². The fraction of sp³-hybridized carbons (Fsp3) is 0.0769. The van der Waals surface area contributed by atoms with Crippen LogP contribution < -0.4 is 5.46 Å². The number of halogens is 8. The molecule has 0 aliphatic rings. The van der Waals surface area contributed by atoms with Crippen LogP contribution in [-0.2, 0) is 19.9 Å². The first-order valence-corrected chi connectivity index (χ1v) is 12.5. The molecule has 0 amide bonds. The molecule has 0 spiro atoms. The zero-order valence-electron chi connectivity index (χ0n) is 19.2. The lowest BCUT2D eigenvalue weighted by Gasteiger charge is -2.17. The standard InChI is InChI=1S/C20H19OS.C6BF8/c1-17-12-14-18(15-13-17)16-22(21,19-8-4-2-5-9-19)20-10-6-3-7-11-20;8-2-1(7(13,14)15)3(9)5(11)6(12)4(2)10/h2-15H,16H2,1H3;/q+1;-1. The van der Waals surface area contributed by atoms with Gasteiger partial charge >= 0.3 is 6.98 Å². The summed E-state index contributed by atoms with van der Waals surface area (Å²) in [5.74, 6) is -13.0. The summed E-state index contributed by atoms with van der Waals surface area (Å²) >= 11 is 0. The highest BCUT2D eigenvalue weighted by Crippen LogP contribution is 2.32. The van der Waals surface area contributed by atoms with Gasteiger partial charge in [0.2, 0.25) is 0 Å². The topological polar surface area (TPSA) is 17.1 Å². The van der Waals surface area contributed by atoms with Crippen molar-refractivity contribution in [3.63, 3.8) is 0 Å². The van der Waals surface area contributed by atoms with E-state index in [4.69, 9.17) is 0 Å². The van der Waals surface area contributed by atoms with Crippen LogP contribution in [0.25, 0.3) is 0 Å². The van der Waals surface area contributed by atoms with Crippen LogP contribution in [0.1, 0.15) is 11.1 Å². The third-order valence-electron chi connectivity index (χ3n) is 5.31. The summed E-state index contributed by atoms with van der Waals surface area (Å²) in [4.78, 5) is 1.78. The highest BCUT2D eigenvalue weighted by molar-refractivity contribution is 8.02. The average Bonchev–Trinajstić information content (AvgIpc) is 2.88. The van der Waals surface area contributed by atoms with E-state index in [1.54, 1.807) is 0 Å². The minimum absolute atomic E-state index is 0.529. The van der Waals surface area contributed by atoms with E-state index in [2.05, 4.69) is 31.2 Å². The first kappa shape index (κ1) is 28.1. The van der Waals surface area contributed by atoms with Crippen molar-refractivity contribution in [3.8, 4) is 0 Å². The van der Waals surface area contributed by atoms with Crippen molar-refractivity contribution >= 4 is 22.4 Å². The van der Waals surface area contributed by atoms with Gasteiger partial charge < -0.3 is 12.9 Å². The maximum absolute atomic E-state index is 13.8. The van der Waals surface area contributed by atoms with Gasteiger partial charge in [0.05, 0.1) is 0 Å². The summed E-state index contributed by atoms with van der Waals surface area (Å²) in [6.07, 6.45) is 0. The van der Waals surface area contributed by atoms with Crippen molar-refractivity contribution in [1.29, 1.82) is 0 Å². The fourth-order valence-electron chi connectivity index (χ4n) is 3.41. The predicted octanol–water partition coefficient (Wildman–Crippen LogP) is 7.55. The Bertz CT molecular complexity index is 1340. The number of benzene rings is 4. The SMILES string of the molecule is Cc1ccc(C[S+](=O)(c2ccccc2)c2ccccc2)cc1.Fc1c(F)c(F)c([B-](F)(F)F)c(F)c1F. The molecule has 11 heteroatoms. The van der Waals surface area contributed by atoms with E-state index >= 15 is 0 Å². The molecule has 0 saturated carbocycles. The highest BCUT2D eigenvalue weighted by Gasteiger charge is 2.38. The van der Waals surface area contributed by atoms with Crippen molar-refractivity contribution in [2.45, 2.75) is 22.5 Å². The summed E-state index contributed by atoms with van der Waals surface area (Å²) in [5, 5.41) is 0. The lowest BCUT2D eigenvalue weighted by atomic mass is 9.79. The molecule has 4 aromatic carbocycles. The molecule has 194 valence electrons. The van der Waals surface area contributed by atoms with E-state index in [0.717, 1.165) is 15.4 Å². The largest absolute Gasteiger partial charge is 0.515 e. The zero-order valence-corrected chi connectivity index (χ0v) is 20.0. The molecule has 0 heterocycles. The van der Waals surface area contributed by atoms with E-state index in [9.17, 15) is 39.1 Å². The van der Waals surface area contributed by atoms with Crippen molar-refractivity contribution in [3.05, 3.63) is 125 Å². The zero-order chi connectivity index (χ0) is 27.4. The van der Waals surface area contributed by atoms with Crippen LogP contribution in [0.2, 0.25) is 0 Å². The lowest BCUT2D eigenvalue weighted by molar-refractivity contribution is 0.377. The Morgan fingerprint density at radius 3 is 1.35 bits per heavy atom. The smallest absolute Gasteiger partial charge is 0.445 e. The second kappa shape index (κ2) is 11.3. The van der Waals surface area contributed by atoms with Gasteiger partial charge in [-0.2, -0.15) is 0 Å². The molecule has 0 aromatic heterocycles. The number of rotatable bonds is 5. The Hall–Kier alpha value is -3.47. The molecule has 4 rings (SSSR count). The number of hydrogen-bond acceptors (Lipinski definition) is 1. The molecule has 0 N–H and O–H groups in total. The van der Waals surface area contributed by atoms with Gasteiger partial charge in [0, 0.05) is 5.56 Å². The molecule has 0 unspecified atom stereocenters. The third kappa shape index (κ3) is 6.27. The van der Waals surface area contributed by atoms with Crippen LogP contribution in [0.4, 0.5) is 34.9 Å². The minimum atomic E-state index is -6.30. The Kier molecular flexibility index (Phi) is 8.58. The molecule has 0 saturated heterocycles.